The van der Waals surface area contributed by atoms with Crippen LogP contribution < -0.4 is 10.2 Å². The zero-order chi connectivity index (χ0) is 12.4. The molecule has 1 fully saturated rings. The smallest absolute Gasteiger partial charge is 0.124 e. The molecule has 3 nitrogen and oxygen atoms in total. The summed E-state index contributed by atoms with van der Waals surface area (Å²) < 4.78 is 13.4. The molecule has 0 amide bonds. The lowest BCUT2D eigenvalue weighted by Crippen LogP contribution is -2.28. The van der Waals surface area contributed by atoms with Gasteiger partial charge in [-0.05, 0) is 37.2 Å². The van der Waals surface area contributed by atoms with Crippen LogP contribution in [0.3, 0.4) is 0 Å². The van der Waals surface area contributed by atoms with Crippen LogP contribution in [0.4, 0.5) is 10.1 Å². The maximum Gasteiger partial charge on any atom is 0.124 e. The third-order valence-corrected chi connectivity index (χ3v) is 3.36. The van der Waals surface area contributed by atoms with Gasteiger partial charge in [0, 0.05) is 36.9 Å². The van der Waals surface area contributed by atoms with Gasteiger partial charge in [0.05, 0.1) is 5.52 Å². The van der Waals surface area contributed by atoms with Gasteiger partial charge in [-0.15, -0.1) is 0 Å². The molecule has 4 heteroatoms. The maximum atomic E-state index is 13.4. The number of rotatable bonds is 1. The third-order valence-electron chi connectivity index (χ3n) is 3.36. The summed E-state index contributed by atoms with van der Waals surface area (Å²) in [4.78, 5) is 6.60. The van der Waals surface area contributed by atoms with Gasteiger partial charge in [0.15, 0.2) is 0 Å². The molecule has 1 aliphatic heterocycles. The Morgan fingerprint density at radius 1 is 1.17 bits per heavy atom. The lowest BCUT2D eigenvalue weighted by Gasteiger charge is -2.23. The predicted octanol–water partition coefficient (Wildman–Crippen LogP) is 2.17. The van der Waals surface area contributed by atoms with Gasteiger partial charge in [-0.1, -0.05) is 0 Å². The molecule has 18 heavy (non-hydrogen) atoms. The van der Waals surface area contributed by atoms with Crippen LogP contribution >= 0.6 is 0 Å². The Hall–Kier alpha value is -1.68. The van der Waals surface area contributed by atoms with Crippen molar-refractivity contribution < 1.29 is 4.39 Å². The first-order chi connectivity index (χ1) is 8.84. The van der Waals surface area contributed by atoms with Crippen LogP contribution in [0, 0.1) is 5.82 Å². The van der Waals surface area contributed by atoms with Crippen LogP contribution in [0.25, 0.3) is 10.9 Å². The number of hydrogen-bond acceptors (Lipinski definition) is 3. The number of halogens is 1. The van der Waals surface area contributed by atoms with Crippen molar-refractivity contribution >= 4 is 16.6 Å². The van der Waals surface area contributed by atoms with Crippen molar-refractivity contribution in [3.05, 3.63) is 36.3 Å². The highest BCUT2D eigenvalue weighted by Crippen LogP contribution is 2.26. The van der Waals surface area contributed by atoms with Gasteiger partial charge in [-0.25, -0.2) is 4.39 Å². The molecule has 0 radical (unpaired) electrons. The van der Waals surface area contributed by atoms with Crippen LogP contribution in [0.15, 0.2) is 30.5 Å². The summed E-state index contributed by atoms with van der Waals surface area (Å²) in [5, 5.41) is 4.28. The van der Waals surface area contributed by atoms with Gasteiger partial charge in [-0.3, -0.25) is 4.98 Å². The Kier molecular flexibility index (Phi) is 3.11. The lowest BCUT2D eigenvalue weighted by atomic mass is 10.1. The highest BCUT2D eigenvalue weighted by Gasteiger charge is 2.12. The van der Waals surface area contributed by atoms with Gasteiger partial charge in [0.1, 0.15) is 5.82 Å². The van der Waals surface area contributed by atoms with Crippen LogP contribution in [-0.4, -0.2) is 31.2 Å². The predicted molar refractivity (Wildman–Crippen MR) is 71.4 cm³/mol. The molecule has 1 aliphatic rings. The van der Waals surface area contributed by atoms with Crippen LogP contribution in [0.1, 0.15) is 6.42 Å². The second-order valence-corrected chi connectivity index (χ2v) is 4.58. The molecule has 2 aromatic rings. The highest BCUT2D eigenvalue weighted by molar-refractivity contribution is 5.91. The first-order valence-corrected chi connectivity index (χ1v) is 6.34. The molecular formula is C14H16FN3. The van der Waals surface area contributed by atoms with Crippen molar-refractivity contribution in [2.45, 2.75) is 6.42 Å². The Balaban J connectivity index is 2.06. The third kappa shape index (κ3) is 2.16. The SMILES string of the molecule is Fc1ccc2nccc(N3CCCNCC3)c2c1. The average Bonchev–Trinajstić information content (AvgIpc) is 2.67. The van der Waals surface area contributed by atoms with Gasteiger partial charge < -0.3 is 10.2 Å². The fourth-order valence-electron chi connectivity index (χ4n) is 2.47. The summed E-state index contributed by atoms with van der Waals surface area (Å²) in [7, 11) is 0. The molecule has 1 saturated heterocycles. The number of nitrogens with one attached hydrogen (secondary N) is 1. The molecule has 1 aromatic heterocycles. The summed E-state index contributed by atoms with van der Waals surface area (Å²) in [6.07, 6.45) is 2.91. The van der Waals surface area contributed by atoms with E-state index in [1.807, 2.05) is 6.07 Å². The van der Waals surface area contributed by atoms with Crippen LogP contribution in [0.5, 0.6) is 0 Å². The maximum absolute atomic E-state index is 13.4. The summed E-state index contributed by atoms with van der Waals surface area (Å²) in [5.74, 6) is -0.204. The minimum absolute atomic E-state index is 0.204. The molecular weight excluding hydrogens is 229 g/mol. The van der Waals surface area contributed by atoms with E-state index in [-0.39, 0.29) is 5.82 Å². The summed E-state index contributed by atoms with van der Waals surface area (Å²) in [6.45, 7) is 3.98. The molecule has 3 rings (SSSR count). The first-order valence-electron chi connectivity index (χ1n) is 6.34. The van der Waals surface area contributed by atoms with Crippen LogP contribution in [-0.2, 0) is 0 Å². The molecule has 0 saturated carbocycles. The summed E-state index contributed by atoms with van der Waals surface area (Å²) in [6, 6.07) is 6.76. The first kappa shape index (κ1) is 11.4. The second kappa shape index (κ2) is 4.90. The summed E-state index contributed by atoms with van der Waals surface area (Å²) in [5.41, 5.74) is 1.94. The van der Waals surface area contributed by atoms with Crippen molar-refractivity contribution in [2.24, 2.45) is 0 Å². The van der Waals surface area contributed by atoms with E-state index in [9.17, 15) is 4.39 Å². The minimum atomic E-state index is -0.204. The number of aromatic nitrogens is 1. The summed E-state index contributed by atoms with van der Waals surface area (Å²) >= 11 is 0. The van der Waals surface area contributed by atoms with E-state index in [4.69, 9.17) is 0 Å². The quantitative estimate of drug-likeness (QED) is 0.834. The number of pyridine rings is 1. The molecule has 0 bridgehead atoms. The van der Waals surface area contributed by atoms with Gasteiger partial charge in [-0.2, -0.15) is 0 Å². The Labute approximate surface area is 106 Å². The standard InChI is InChI=1S/C14H16FN3/c15-11-2-3-13-12(10-11)14(4-6-17-13)18-8-1-5-16-7-9-18/h2-4,6,10,16H,1,5,7-9H2. The highest BCUT2D eigenvalue weighted by atomic mass is 19.1. The topological polar surface area (TPSA) is 28.2 Å². The van der Waals surface area contributed by atoms with E-state index in [0.717, 1.165) is 49.2 Å². The van der Waals surface area contributed by atoms with Gasteiger partial charge in [0.2, 0.25) is 0 Å². The molecule has 1 aromatic carbocycles. The van der Waals surface area contributed by atoms with E-state index in [0.29, 0.717) is 0 Å². The largest absolute Gasteiger partial charge is 0.370 e. The van der Waals surface area contributed by atoms with Crippen molar-refractivity contribution in [1.29, 1.82) is 0 Å². The van der Waals surface area contributed by atoms with Gasteiger partial charge >= 0.3 is 0 Å². The number of benzene rings is 1. The fourth-order valence-corrected chi connectivity index (χ4v) is 2.47. The van der Waals surface area contributed by atoms with E-state index in [2.05, 4.69) is 15.2 Å². The van der Waals surface area contributed by atoms with E-state index < -0.39 is 0 Å². The normalized spacial score (nSPS) is 16.8. The zero-order valence-electron chi connectivity index (χ0n) is 10.2. The monoisotopic (exact) mass is 245 g/mol. The molecule has 0 unspecified atom stereocenters. The van der Waals surface area contributed by atoms with Crippen molar-refractivity contribution in [3.8, 4) is 0 Å². The van der Waals surface area contributed by atoms with Crippen molar-refractivity contribution in [1.82, 2.24) is 10.3 Å². The van der Waals surface area contributed by atoms with E-state index >= 15 is 0 Å². The Morgan fingerprint density at radius 3 is 3.06 bits per heavy atom. The molecule has 94 valence electrons. The fraction of sp³-hybridized carbons (Fsp3) is 0.357. The molecule has 0 aliphatic carbocycles. The molecule has 2 heterocycles. The molecule has 0 atom stereocenters. The number of anilines is 1. The minimum Gasteiger partial charge on any atom is -0.370 e. The lowest BCUT2D eigenvalue weighted by molar-refractivity contribution is 0.629. The molecule has 0 spiro atoms. The second-order valence-electron chi connectivity index (χ2n) is 4.58. The Morgan fingerprint density at radius 2 is 2.11 bits per heavy atom. The average molecular weight is 245 g/mol. The number of hydrogen-bond donors (Lipinski definition) is 1. The Bertz CT molecular complexity index is 548. The van der Waals surface area contributed by atoms with Gasteiger partial charge in [0.25, 0.3) is 0 Å². The number of nitrogens with zero attached hydrogens (tertiary/aromatic N) is 2. The van der Waals surface area contributed by atoms with E-state index in [1.165, 1.54) is 6.07 Å². The van der Waals surface area contributed by atoms with E-state index in [1.54, 1.807) is 18.3 Å². The molecule has 1 N–H and O–H groups in total. The van der Waals surface area contributed by atoms with Crippen LogP contribution in [0.2, 0.25) is 0 Å². The zero-order valence-corrected chi connectivity index (χ0v) is 10.2. The van der Waals surface area contributed by atoms with Crippen molar-refractivity contribution in [2.75, 3.05) is 31.1 Å². The van der Waals surface area contributed by atoms with Crippen molar-refractivity contribution in [3.63, 3.8) is 0 Å². The number of fused-ring (bicyclic) bond motifs is 1.